The first-order valence-electron chi connectivity index (χ1n) is 7.24. The van der Waals surface area contributed by atoms with Crippen LogP contribution in [0.5, 0.6) is 0 Å². The van der Waals surface area contributed by atoms with E-state index in [4.69, 9.17) is 0 Å². The number of thioether (sulfide) groups is 1. The number of nitrogens with zero attached hydrogens (tertiary/aromatic N) is 2. The topological polar surface area (TPSA) is 48.4 Å². The summed E-state index contributed by atoms with van der Waals surface area (Å²) in [4.78, 5) is 4.59. The van der Waals surface area contributed by atoms with Gasteiger partial charge in [-0.2, -0.15) is 0 Å². The Morgan fingerprint density at radius 3 is 3.14 bits per heavy atom. The van der Waals surface area contributed by atoms with Gasteiger partial charge in [0.1, 0.15) is 0 Å². The van der Waals surface area contributed by atoms with Gasteiger partial charge in [-0.1, -0.05) is 12.1 Å². The SMILES string of the molecule is C=CCc1ccc2c(n1)C(O)CC(N1C=CC(SC)N1)C2. The van der Waals surface area contributed by atoms with Crippen LogP contribution < -0.4 is 5.43 Å². The molecule has 0 radical (unpaired) electrons. The highest BCUT2D eigenvalue weighted by molar-refractivity contribution is 7.99. The number of aromatic nitrogens is 1. The second-order valence-electron chi connectivity index (χ2n) is 5.48. The van der Waals surface area contributed by atoms with Crippen molar-refractivity contribution in [1.82, 2.24) is 15.4 Å². The Kier molecular flexibility index (Phi) is 4.33. The van der Waals surface area contributed by atoms with Crippen LogP contribution in [0.4, 0.5) is 0 Å². The van der Waals surface area contributed by atoms with Crippen LogP contribution in [0, 0.1) is 0 Å². The van der Waals surface area contributed by atoms with Gasteiger partial charge in [-0.3, -0.25) is 4.98 Å². The molecule has 3 atom stereocenters. The maximum Gasteiger partial charge on any atom is 0.0983 e. The Bertz CT molecular complexity index is 560. The fourth-order valence-electron chi connectivity index (χ4n) is 2.95. The highest BCUT2D eigenvalue weighted by Gasteiger charge is 2.31. The molecule has 4 nitrogen and oxygen atoms in total. The lowest BCUT2D eigenvalue weighted by atomic mass is 9.89. The predicted molar refractivity (Wildman–Crippen MR) is 86.6 cm³/mol. The summed E-state index contributed by atoms with van der Waals surface area (Å²) in [5, 5.41) is 12.9. The van der Waals surface area contributed by atoms with Gasteiger partial charge in [0, 0.05) is 24.7 Å². The van der Waals surface area contributed by atoms with E-state index >= 15 is 0 Å². The summed E-state index contributed by atoms with van der Waals surface area (Å²) in [6, 6.07) is 4.41. The molecule has 0 fully saturated rings. The monoisotopic (exact) mass is 303 g/mol. The maximum absolute atomic E-state index is 10.4. The molecule has 0 aromatic carbocycles. The van der Waals surface area contributed by atoms with Crippen LogP contribution in [0.15, 0.2) is 37.1 Å². The van der Waals surface area contributed by atoms with Gasteiger partial charge in [-0.05, 0) is 30.4 Å². The molecule has 2 heterocycles. The Labute approximate surface area is 129 Å². The number of hydrazine groups is 1. The van der Waals surface area contributed by atoms with E-state index in [1.807, 2.05) is 12.1 Å². The molecule has 21 heavy (non-hydrogen) atoms. The lowest BCUT2D eigenvalue weighted by molar-refractivity contribution is 0.0909. The van der Waals surface area contributed by atoms with Crippen molar-refractivity contribution in [3.63, 3.8) is 0 Å². The second-order valence-corrected chi connectivity index (χ2v) is 6.46. The molecule has 3 rings (SSSR count). The van der Waals surface area contributed by atoms with E-state index in [-0.39, 0.29) is 6.04 Å². The van der Waals surface area contributed by atoms with Gasteiger partial charge < -0.3 is 10.1 Å². The Balaban J connectivity index is 1.77. The summed E-state index contributed by atoms with van der Waals surface area (Å²) < 4.78 is 0. The predicted octanol–water partition coefficient (Wildman–Crippen LogP) is 2.18. The second kappa shape index (κ2) is 6.22. The Hall–Kier alpha value is -1.30. The van der Waals surface area contributed by atoms with E-state index in [9.17, 15) is 5.11 Å². The number of nitrogens with one attached hydrogen (secondary N) is 1. The highest BCUT2D eigenvalue weighted by atomic mass is 32.2. The average Bonchev–Trinajstić information content (AvgIpc) is 2.97. The highest BCUT2D eigenvalue weighted by Crippen LogP contribution is 2.32. The molecule has 2 aliphatic rings. The van der Waals surface area contributed by atoms with Crippen molar-refractivity contribution in [3.8, 4) is 0 Å². The molecule has 1 aromatic heterocycles. The van der Waals surface area contributed by atoms with Crippen molar-refractivity contribution >= 4 is 11.8 Å². The van der Waals surface area contributed by atoms with Crippen LogP contribution in [0.1, 0.15) is 29.5 Å². The third-order valence-corrected chi connectivity index (χ3v) is 4.81. The number of aliphatic hydroxyl groups excluding tert-OH is 1. The molecule has 0 spiro atoms. The number of hydrogen-bond acceptors (Lipinski definition) is 5. The van der Waals surface area contributed by atoms with Gasteiger partial charge in [0.2, 0.25) is 0 Å². The number of hydrogen-bond donors (Lipinski definition) is 2. The molecule has 5 heteroatoms. The van der Waals surface area contributed by atoms with Crippen LogP contribution in [0.25, 0.3) is 0 Å². The van der Waals surface area contributed by atoms with Crippen molar-refractivity contribution in [2.24, 2.45) is 0 Å². The molecule has 0 amide bonds. The van der Waals surface area contributed by atoms with E-state index in [1.165, 1.54) is 0 Å². The van der Waals surface area contributed by atoms with Gasteiger partial charge in [0.25, 0.3) is 0 Å². The minimum atomic E-state index is -0.493. The number of allylic oxidation sites excluding steroid dienone is 1. The van der Waals surface area contributed by atoms with Crippen molar-refractivity contribution in [2.45, 2.75) is 36.8 Å². The normalized spacial score (nSPS) is 27.7. The van der Waals surface area contributed by atoms with Crippen molar-refractivity contribution in [2.75, 3.05) is 6.26 Å². The summed E-state index contributed by atoms with van der Waals surface area (Å²) >= 11 is 1.77. The fourth-order valence-corrected chi connectivity index (χ4v) is 3.40. The minimum absolute atomic E-state index is 0.271. The van der Waals surface area contributed by atoms with Crippen LogP contribution in [-0.2, 0) is 12.8 Å². The fraction of sp³-hybridized carbons (Fsp3) is 0.438. The molecule has 0 bridgehead atoms. The molecule has 1 aliphatic carbocycles. The average molecular weight is 303 g/mol. The standard InChI is InChI=1S/C16H21N3OS/c1-3-4-12-6-5-11-9-13(10-14(20)16(11)17-12)19-8-7-15(18-19)21-2/h3,5-8,13-15,18,20H,1,4,9-10H2,2H3. The number of aliphatic hydroxyl groups is 1. The Morgan fingerprint density at radius 1 is 1.57 bits per heavy atom. The first-order valence-corrected chi connectivity index (χ1v) is 8.53. The third kappa shape index (κ3) is 3.00. The molecule has 1 aromatic rings. The zero-order chi connectivity index (χ0) is 14.8. The van der Waals surface area contributed by atoms with E-state index in [0.29, 0.717) is 11.8 Å². The maximum atomic E-state index is 10.4. The Morgan fingerprint density at radius 2 is 2.43 bits per heavy atom. The number of rotatable bonds is 4. The smallest absolute Gasteiger partial charge is 0.0983 e. The quantitative estimate of drug-likeness (QED) is 0.835. The minimum Gasteiger partial charge on any atom is -0.387 e. The van der Waals surface area contributed by atoms with E-state index in [1.54, 1.807) is 11.8 Å². The summed E-state index contributed by atoms with van der Waals surface area (Å²) in [7, 11) is 0. The summed E-state index contributed by atoms with van der Waals surface area (Å²) in [6.45, 7) is 3.74. The van der Waals surface area contributed by atoms with Crippen molar-refractivity contribution < 1.29 is 5.11 Å². The number of fused-ring (bicyclic) bond motifs is 1. The largest absolute Gasteiger partial charge is 0.387 e. The third-order valence-electron chi connectivity index (χ3n) is 4.04. The summed E-state index contributed by atoms with van der Waals surface area (Å²) in [6.07, 6.45) is 10.0. The van der Waals surface area contributed by atoms with Crippen molar-refractivity contribution in [1.29, 1.82) is 0 Å². The lowest BCUT2D eigenvalue weighted by Gasteiger charge is -2.35. The molecule has 2 N–H and O–H groups in total. The van der Waals surface area contributed by atoms with Gasteiger partial charge in [0.05, 0.1) is 23.2 Å². The van der Waals surface area contributed by atoms with E-state index < -0.39 is 6.10 Å². The van der Waals surface area contributed by atoms with Gasteiger partial charge in [0.15, 0.2) is 0 Å². The molecule has 3 unspecified atom stereocenters. The number of pyridine rings is 1. The first kappa shape index (κ1) is 14.6. The van der Waals surface area contributed by atoms with Gasteiger partial charge >= 0.3 is 0 Å². The summed E-state index contributed by atoms with van der Waals surface area (Å²) in [5.41, 5.74) is 6.40. The van der Waals surface area contributed by atoms with Crippen molar-refractivity contribution in [3.05, 3.63) is 54.0 Å². The van der Waals surface area contributed by atoms with Crippen LogP contribution >= 0.6 is 11.8 Å². The molecular formula is C16H21N3OS. The van der Waals surface area contributed by atoms with Crippen LogP contribution in [0.2, 0.25) is 0 Å². The summed E-state index contributed by atoms with van der Waals surface area (Å²) in [5.74, 6) is 0. The molecular weight excluding hydrogens is 282 g/mol. The van der Waals surface area contributed by atoms with Gasteiger partial charge in [-0.25, -0.2) is 5.43 Å². The van der Waals surface area contributed by atoms with Crippen LogP contribution in [0.3, 0.4) is 0 Å². The first-order chi connectivity index (χ1) is 10.2. The van der Waals surface area contributed by atoms with Gasteiger partial charge in [-0.15, -0.1) is 18.3 Å². The van der Waals surface area contributed by atoms with E-state index in [2.05, 4.69) is 46.6 Å². The zero-order valence-corrected chi connectivity index (χ0v) is 13.0. The molecule has 1 aliphatic heterocycles. The molecule has 0 saturated carbocycles. The lowest BCUT2D eigenvalue weighted by Crippen LogP contribution is -2.45. The van der Waals surface area contributed by atoms with E-state index in [0.717, 1.165) is 29.8 Å². The molecule has 0 saturated heterocycles. The zero-order valence-electron chi connectivity index (χ0n) is 12.2. The van der Waals surface area contributed by atoms with Crippen LogP contribution in [-0.4, -0.2) is 32.8 Å². The molecule has 112 valence electrons.